The van der Waals surface area contributed by atoms with Gasteiger partial charge in [-0.1, -0.05) is 39.2 Å². The standard InChI is InChI=1S/C16H12BrN3O2/c1-10-4-2-3-5-13(10)14(21)18-16-20-19-15(22-16)11-6-8-12(17)9-7-11/h2-9H,1H3,(H,18,20,21). The number of rotatable bonds is 3. The Morgan fingerprint density at radius 2 is 1.82 bits per heavy atom. The van der Waals surface area contributed by atoms with Crippen LogP contribution in [0.5, 0.6) is 0 Å². The number of anilines is 1. The molecule has 1 heterocycles. The highest BCUT2D eigenvalue weighted by Gasteiger charge is 2.13. The van der Waals surface area contributed by atoms with Crippen LogP contribution in [0.4, 0.5) is 6.01 Å². The van der Waals surface area contributed by atoms with Crippen molar-refractivity contribution in [2.24, 2.45) is 0 Å². The number of carbonyl (C=O) groups excluding carboxylic acids is 1. The first-order chi connectivity index (χ1) is 10.6. The molecule has 0 aliphatic rings. The van der Waals surface area contributed by atoms with Crippen molar-refractivity contribution in [3.63, 3.8) is 0 Å². The molecule has 0 spiro atoms. The number of hydrogen-bond donors (Lipinski definition) is 1. The second-order valence-electron chi connectivity index (χ2n) is 4.69. The van der Waals surface area contributed by atoms with Crippen molar-refractivity contribution in [1.29, 1.82) is 0 Å². The maximum absolute atomic E-state index is 12.2. The summed E-state index contributed by atoms with van der Waals surface area (Å²) in [7, 11) is 0. The van der Waals surface area contributed by atoms with Crippen LogP contribution in [0.3, 0.4) is 0 Å². The average molecular weight is 358 g/mol. The van der Waals surface area contributed by atoms with E-state index in [2.05, 4.69) is 31.4 Å². The topological polar surface area (TPSA) is 68.0 Å². The van der Waals surface area contributed by atoms with Crippen LogP contribution in [0.25, 0.3) is 11.5 Å². The molecule has 0 unspecified atom stereocenters. The fourth-order valence-electron chi connectivity index (χ4n) is 1.97. The first kappa shape index (κ1) is 14.5. The van der Waals surface area contributed by atoms with Gasteiger partial charge >= 0.3 is 6.01 Å². The van der Waals surface area contributed by atoms with Crippen LogP contribution >= 0.6 is 15.9 Å². The van der Waals surface area contributed by atoms with Crippen LogP contribution in [0.1, 0.15) is 15.9 Å². The number of hydrogen-bond acceptors (Lipinski definition) is 4. The molecule has 0 bridgehead atoms. The van der Waals surface area contributed by atoms with Gasteiger partial charge in [0, 0.05) is 15.6 Å². The first-order valence-corrected chi connectivity index (χ1v) is 7.39. The number of benzene rings is 2. The molecule has 5 nitrogen and oxygen atoms in total. The van der Waals surface area contributed by atoms with Gasteiger partial charge in [-0.3, -0.25) is 10.1 Å². The molecule has 3 aromatic rings. The largest absolute Gasteiger partial charge is 0.403 e. The lowest BCUT2D eigenvalue weighted by molar-refractivity contribution is 0.102. The molecule has 1 N–H and O–H groups in total. The summed E-state index contributed by atoms with van der Waals surface area (Å²) in [5, 5.41) is 10.4. The highest BCUT2D eigenvalue weighted by Crippen LogP contribution is 2.22. The average Bonchev–Trinajstić information content (AvgIpc) is 2.97. The Morgan fingerprint density at radius 1 is 1.09 bits per heavy atom. The maximum Gasteiger partial charge on any atom is 0.322 e. The van der Waals surface area contributed by atoms with E-state index in [1.807, 2.05) is 49.4 Å². The molecular formula is C16H12BrN3O2. The van der Waals surface area contributed by atoms with Crippen LogP contribution < -0.4 is 5.32 Å². The molecular weight excluding hydrogens is 346 g/mol. The smallest absolute Gasteiger partial charge is 0.322 e. The molecule has 0 radical (unpaired) electrons. The highest BCUT2D eigenvalue weighted by molar-refractivity contribution is 9.10. The lowest BCUT2D eigenvalue weighted by Crippen LogP contribution is -2.13. The Morgan fingerprint density at radius 3 is 2.55 bits per heavy atom. The Balaban J connectivity index is 1.78. The van der Waals surface area contributed by atoms with Gasteiger partial charge in [0.1, 0.15) is 0 Å². The summed E-state index contributed by atoms with van der Waals surface area (Å²) < 4.78 is 6.43. The van der Waals surface area contributed by atoms with Gasteiger partial charge in [-0.2, -0.15) is 0 Å². The summed E-state index contributed by atoms with van der Waals surface area (Å²) in [5.41, 5.74) is 2.24. The van der Waals surface area contributed by atoms with Gasteiger partial charge in [-0.15, -0.1) is 5.10 Å². The third-order valence-corrected chi connectivity index (χ3v) is 3.65. The normalized spacial score (nSPS) is 10.5. The third kappa shape index (κ3) is 3.07. The van der Waals surface area contributed by atoms with E-state index in [0.29, 0.717) is 11.5 Å². The molecule has 22 heavy (non-hydrogen) atoms. The molecule has 6 heteroatoms. The van der Waals surface area contributed by atoms with Gasteiger partial charge in [0.25, 0.3) is 5.91 Å². The molecule has 0 saturated carbocycles. The Labute approximate surface area is 135 Å². The number of nitrogens with zero attached hydrogens (tertiary/aromatic N) is 2. The minimum absolute atomic E-state index is 0.0752. The predicted molar refractivity (Wildman–Crippen MR) is 86.6 cm³/mol. The predicted octanol–water partition coefficient (Wildman–Crippen LogP) is 4.06. The van der Waals surface area contributed by atoms with E-state index in [1.165, 1.54) is 0 Å². The number of halogens is 1. The van der Waals surface area contributed by atoms with E-state index >= 15 is 0 Å². The van der Waals surface area contributed by atoms with Gasteiger partial charge in [-0.25, -0.2) is 0 Å². The van der Waals surface area contributed by atoms with Crippen LogP contribution in [0, 0.1) is 6.92 Å². The third-order valence-electron chi connectivity index (χ3n) is 3.13. The van der Waals surface area contributed by atoms with Gasteiger partial charge < -0.3 is 4.42 Å². The minimum atomic E-state index is -0.274. The van der Waals surface area contributed by atoms with E-state index in [-0.39, 0.29) is 11.9 Å². The van der Waals surface area contributed by atoms with Crippen molar-refractivity contribution >= 4 is 27.9 Å². The SMILES string of the molecule is Cc1ccccc1C(=O)Nc1nnc(-c2ccc(Br)cc2)o1. The van der Waals surface area contributed by atoms with E-state index in [0.717, 1.165) is 15.6 Å². The molecule has 1 amide bonds. The summed E-state index contributed by atoms with van der Waals surface area (Å²) in [6, 6.07) is 14.8. The molecule has 0 aliphatic heterocycles. The van der Waals surface area contributed by atoms with Gasteiger partial charge in [0.15, 0.2) is 0 Å². The number of carbonyl (C=O) groups is 1. The van der Waals surface area contributed by atoms with Crippen molar-refractivity contribution in [3.05, 3.63) is 64.1 Å². The van der Waals surface area contributed by atoms with Crippen molar-refractivity contribution < 1.29 is 9.21 Å². The Bertz CT molecular complexity index is 812. The molecule has 0 saturated heterocycles. The van der Waals surface area contributed by atoms with E-state index < -0.39 is 0 Å². The van der Waals surface area contributed by atoms with E-state index in [9.17, 15) is 4.79 Å². The second kappa shape index (κ2) is 6.11. The van der Waals surface area contributed by atoms with Gasteiger partial charge in [0.2, 0.25) is 5.89 Å². The minimum Gasteiger partial charge on any atom is -0.403 e. The number of aryl methyl sites for hydroxylation is 1. The van der Waals surface area contributed by atoms with E-state index in [4.69, 9.17) is 4.42 Å². The molecule has 110 valence electrons. The fourth-order valence-corrected chi connectivity index (χ4v) is 2.24. The van der Waals surface area contributed by atoms with Gasteiger partial charge in [0.05, 0.1) is 0 Å². The lowest BCUT2D eigenvalue weighted by atomic mass is 10.1. The molecule has 0 atom stereocenters. The van der Waals surface area contributed by atoms with Crippen LogP contribution in [0.2, 0.25) is 0 Å². The molecule has 1 aromatic heterocycles. The monoisotopic (exact) mass is 357 g/mol. The molecule has 0 aliphatic carbocycles. The number of nitrogens with one attached hydrogen (secondary N) is 1. The zero-order valence-corrected chi connectivity index (χ0v) is 13.3. The molecule has 0 fully saturated rings. The zero-order valence-electron chi connectivity index (χ0n) is 11.7. The Hall–Kier alpha value is -2.47. The van der Waals surface area contributed by atoms with E-state index in [1.54, 1.807) is 6.07 Å². The second-order valence-corrected chi connectivity index (χ2v) is 5.60. The lowest BCUT2D eigenvalue weighted by Gasteiger charge is -2.03. The maximum atomic E-state index is 12.2. The van der Waals surface area contributed by atoms with Crippen LogP contribution in [-0.4, -0.2) is 16.1 Å². The summed E-state index contributed by atoms with van der Waals surface area (Å²) in [5.74, 6) is 0.0803. The number of aromatic nitrogens is 2. The summed E-state index contributed by atoms with van der Waals surface area (Å²) in [6.07, 6.45) is 0. The van der Waals surface area contributed by atoms with Crippen LogP contribution in [-0.2, 0) is 0 Å². The van der Waals surface area contributed by atoms with Crippen molar-refractivity contribution in [2.75, 3.05) is 5.32 Å². The number of amides is 1. The highest BCUT2D eigenvalue weighted by atomic mass is 79.9. The quantitative estimate of drug-likeness (QED) is 0.767. The first-order valence-electron chi connectivity index (χ1n) is 6.60. The summed E-state index contributed by atoms with van der Waals surface area (Å²) in [6.45, 7) is 1.87. The van der Waals surface area contributed by atoms with Crippen molar-refractivity contribution in [2.45, 2.75) is 6.92 Å². The van der Waals surface area contributed by atoms with Crippen molar-refractivity contribution in [1.82, 2.24) is 10.2 Å². The summed E-state index contributed by atoms with van der Waals surface area (Å²) >= 11 is 3.36. The zero-order chi connectivity index (χ0) is 15.5. The van der Waals surface area contributed by atoms with Crippen molar-refractivity contribution in [3.8, 4) is 11.5 Å². The Kier molecular flexibility index (Phi) is 4.02. The molecule has 3 rings (SSSR count). The van der Waals surface area contributed by atoms with Crippen LogP contribution in [0.15, 0.2) is 57.4 Å². The van der Waals surface area contributed by atoms with Gasteiger partial charge in [-0.05, 0) is 42.8 Å². The molecule has 2 aromatic carbocycles. The fraction of sp³-hybridized carbons (Fsp3) is 0.0625. The summed E-state index contributed by atoms with van der Waals surface area (Å²) in [4.78, 5) is 12.2.